The normalized spacial score (nSPS) is 11.3. The Morgan fingerprint density at radius 1 is 1.07 bits per heavy atom. The molecule has 0 bridgehead atoms. The average Bonchev–Trinajstić information content (AvgIpc) is 2.70. The van der Waals surface area contributed by atoms with Gasteiger partial charge in [0.05, 0.1) is 6.61 Å². The fourth-order valence-corrected chi connectivity index (χ4v) is 2.64. The lowest BCUT2D eigenvalue weighted by atomic mass is 10.1. The van der Waals surface area contributed by atoms with E-state index >= 15 is 0 Å². The number of phenols is 1. The van der Waals surface area contributed by atoms with Gasteiger partial charge in [-0.25, -0.2) is 0 Å². The van der Waals surface area contributed by atoms with Gasteiger partial charge in [0.15, 0.2) is 5.96 Å². The molecular formula is C22H31N3O3. The standard InChI is InChI=1S/C22H31N3O3/c1-3-23-22(24-14-5-7-18-10-12-20(26)13-11-18)25-19-8-4-9-21(17-19)28-16-6-15-27-2/h4,8-13,17,26H,3,5-7,14-16H2,1-2H3,(H2,23,24,25). The summed E-state index contributed by atoms with van der Waals surface area (Å²) in [5, 5.41) is 15.9. The third kappa shape index (κ3) is 8.31. The molecular weight excluding hydrogens is 354 g/mol. The summed E-state index contributed by atoms with van der Waals surface area (Å²) in [5.41, 5.74) is 2.13. The van der Waals surface area contributed by atoms with Gasteiger partial charge in [-0.3, -0.25) is 4.99 Å². The number of nitrogens with one attached hydrogen (secondary N) is 2. The Kier molecular flexibility index (Phi) is 9.72. The number of aliphatic imine (C=N–C) groups is 1. The molecule has 2 rings (SSSR count). The van der Waals surface area contributed by atoms with Crippen LogP contribution >= 0.6 is 0 Å². The largest absolute Gasteiger partial charge is 0.508 e. The van der Waals surface area contributed by atoms with Gasteiger partial charge in [0.2, 0.25) is 0 Å². The maximum absolute atomic E-state index is 9.34. The summed E-state index contributed by atoms with van der Waals surface area (Å²) in [6.07, 6.45) is 2.72. The lowest BCUT2D eigenvalue weighted by molar-refractivity contribution is 0.172. The summed E-state index contributed by atoms with van der Waals surface area (Å²) in [6.45, 7) is 4.87. The van der Waals surface area contributed by atoms with Crippen LogP contribution in [0.4, 0.5) is 5.69 Å². The molecule has 28 heavy (non-hydrogen) atoms. The smallest absolute Gasteiger partial charge is 0.195 e. The highest BCUT2D eigenvalue weighted by Gasteiger charge is 2.02. The number of aryl methyl sites for hydroxylation is 1. The second-order valence-corrected chi connectivity index (χ2v) is 6.38. The molecule has 0 fully saturated rings. The highest BCUT2D eigenvalue weighted by molar-refractivity contribution is 5.93. The minimum atomic E-state index is 0.297. The number of benzene rings is 2. The molecule has 0 atom stereocenters. The minimum absolute atomic E-state index is 0.297. The number of hydrogen-bond donors (Lipinski definition) is 3. The number of rotatable bonds is 11. The number of guanidine groups is 1. The molecule has 6 heteroatoms. The van der Waals surface area contributed by atoms with Crippen LogP contribution < -0.4 is 15.4 Å². The molecule has 0 heterocycles. The van der Waals surface area contributed by atoms with Crippen LogP contribution in [0.25, 0.3) is 0 Å². The first kappa shape index (κ1) is 21.6. The number of nitrogens with zero attached hydrogens (tertiary/aromatic N) is 1. The fraction of sp³-hybridized carbons (Fsp3) is 0.409. The lowest BCUT2D eigenvalue weighted by Crippen LogP contribution is -2.30. The summed E-state index contributed by atoms with van der Waals surface area (Å²) in [4.78, 5) is 4.65. The van der Waals surface area contributed by atoms with Crippen molar-refractivity contribution < 1.29 is 14.6 Å². The first-order chi connectivity index (χ1) is 13.7. The van der Waals surface area contributed by atoms with Crippen molar-refractivity contribution in [1.29, 1.82) is 0 Å². The molecule has 0 unspecified atom stereocenters. The molecule has 6 nitrogen and oxygen atoms in total. The zero-order chi connectivity index (χ0) is 20.0. The second kappa shape index (κ2) is 12.6. The predicted molar refractivity (Wildman–Crippen MR) is 114 cm³/mol. The van der Waals surface area contributed by atoms with E-state index in [0.29, 0.717) is 25.5 Å². The number of ether oxygens (including phenoxy) is 2. The van der Waals surface area contributed by atoms with E-state index in [1.165, 1.54) is 5.56 Å². The van der Waals surface area contributed by atoms with Gasteiger partial charge in [-0.15, -0.1) is 0 Å². The SMILES string of the molecule is CCNC(=NCCCc1ccc(O)cc1)Nc1cccc(OCCCOC)c1. The fourth-order valence-electron chi connectivity index (χ4n) is 2.64. The lowest BCUT2D eigenvalue weighted by Gasteiger charge is -2.13. The van der Waals surface area contributed by atoms with Gasteiger partial charge in [-0.2, -0.15) is 0 Å². The molecule has 0 aliphatic carbocycles. The Bertz CT molecular complexity index is 717. The molecule has 152 valence electrons. The van der Waals surface area contributed by atoms with Crippen molar-refractivity contribution in [3.63, 3.8) is 0 Å². The van der Waals surface area contributed by atoms with Crippen molar-refractivity contribution in [1.82, 2.24) is 5.32 Å². The van der Waals surface area contributed by atoms with Crippen molar-refractivity contribution in [2.24, 2.45) is 4.99 Å². The van der Waals surface area contributed by atoms with E-state index in [4.69, 9.17) is 9.47 Å². The molecule has 2 aromatic rings. The van der Waals surface area contributed by atoms with Crippen LogP contribution in [-0.4, -0.2) is 44.5 Å². The first-order valence-corrected chi connectivity index (χ1v) is 9.76. The monoisotopic (exact) mass is 385 g/mol. The zero-order valence-corrected chi connectivity index (χ0v) is 16.8. The summed E-state index contributed by atoms with van der Waals surface area (Å²) in [6, 6.07) is 15.2. The van der Waals surface area contributed by atoms with E-state index in [1.807, 2.05) is 43.3 Å². The van der Waals surface area contributed by atoms with Crippen LogP contribution in [-0.2, 0) is 11.2 Å². The van der Waals surface area contributed by atoms with Crippen LogP contribution in [0.15, 0.2) is 53.5 Å². The Morgan fingerprint density at radius 2 is 1.89 bits per heavy atom. The molecule has 0 aliphatic rings. The number of phenolic OH excluding ortho intramolecular Hbond substituents is 1. The van der Waals surface area contributed by atoms with Gasteiger partial charge < -0.3 is 25.2 Å². The van der Waals surface area contributed by atoms with E-state index in [0.717, 1.165) is 43.2 Å². The number of methoxy groups -OCH3 is 1. The Labute approximate surface area is 167 Å². The summed E-state index contributed by atoms with van der Waals surface area (Å²) in [7, 11) is 1.69. The van der Waals surface area contributed by atoms with Crippen molar-refractivity contribution in [2.45, 2.75) is 26.2 Å². The van der Waals surface area contributed by atoms with Gasteiger partial charge >= 0.3 is 0 Å². The number of anilines is 1. The highest BCUT2D eigenvalue weighted by atomic mass is 16.5. The maximum Gasteiger partial charge on any atom is 0.195 e. The van der Waals surface area contributed by atoms with Crippen LogP contribution in [0.2, 0.25) is 0 Å². The van der Waals surface area contributed by atoms with Gasteiger partial charge in [0.25, 0.3) is 0 Å². The quantitative estimate of drug-likeness (QED) is 0.311. The van der Waals surface area contributed by atoms with Crippen molar-refractivity contribution in [3.8, 4) is 11.5 Å². The van der Waals surface area contributed by atoms with Gasteiger partial charge in [0.1, 0.15) is 11.5 Å². The van der Waals surface area contributed by atoms with E-state index in [9.17, 15) is 5.11 Å². The first-order valence-electron chi connectivity index (χ1n) is 9.76. The van der Waals surface area contributed by atoms with Crippen molar-refractivity contribution in [2.75, 3.05) is 38.7 Å². The van der Waals surface area contributed by atoms with Crippen LogP contribution in [0, 0.1) is 0 Å². The van der Waals surface area contributed by atoms with E-state index in [1.54, 1.807) is 19.2 Å². The van der Waals surface area contributed by atoms with E-state index in [-0.39, 0.29) is 0 Å². The van der Waals surface area contributed by atoms with Crippen LogP contribution in [0.1, 0.15) is 25.3 Å². The highest BCUT2D eigenvalue weighted by Crippen LogP contribution is 2.17. The molecule has 2 aromatic carbocycles. The molecule has 3 N–H and O–H groups in total. The molecule has 0 spiro atoms. The minimum Gasteiger partial charge on any atom is -0.508 e. The molecule has 0 aromatic heterocycles. The van der Waals surface area contributed by atoms with E-state index in [2.05, 4.69) is 15.6 Å². The van der Waals surface area contributed by atoms with Gasteiger partial charge in [-0.1, -0.05) is 18.2 Å². The summed E-state index contributed by atoms with van der Waals surface area (Å²) >= 11 is 0. The average molecular weight is 386 g/mol. The number of aromatic hydroxyl groups is 1. The topological polar surface area (TPSA) is 75.1 Å². The molecule has 0 aliphatic heterocycles. The third-order valence-corrected chi connectivity index (χ3v) is 4.03. The van der Waals surface area contributed by atoms with Crippen molar-refractivity contribution >= 4 is 11.6 Å². The molecule has 0 amide bonds. The zero-order valence-electron chi connectivity index (χ0n) is 16.8. The van der Waals surface area contributed by atoms with Gasteiger partial charge in [-0.05, 0) is 49.6 Å². The molecule has 0 radical (unpaired) electrons. The summed E-state index contributed by atoms with van der Waals surface area (Å²) < 4.78 is 10.8. The van der Waals surface area contributed by atoms with Crippen LogP contribution in [0.3, 0.4) is 0 Å². The van der Waals surface area contributed by atoms with Crippen LogP contribution in [0.5, 0.6) is 11.5 Å². The second-order valence-electron chi connectivity index (χ2n) is 6.38. The predicted octanol–water partition coefficient (Wildman–Crippen LogP) is 3.82. The van der Waals surface area contributed by atoms with Gasteiger partial charge in [0, 0.05) is 45.0 Å². The van der Waals surface area contributed by atoms with E-state index < -0.39 is 0 Å². The Balaban J connectivity index is 1.85. The maximum atomic E-state index is 9.34. The Morgan fingerprint density at radius 3 is 2.64 bits per heavy atom. The number of hydrogen-bond acceptors (Lipinski definition) is 4. The Hall–Kier alpha value is -2.73. The third-order valence-electron chi connectivity index (χ3n) is 4.03. The summed E-state index contributed by atoms with van der Waals surface area (Å²) in [5.74, 6) is 1.87. The van der Waals surface area contributed by atoms with Crippen molar-refractivity contribution in [3.05, 3.63) is 54.1 Å². The molecule has 0 saturated carbocycles. The molecule has 0 saturated heterocycles.